The van der Waals surface area contributed by atoms with Crippen molar-refractivity contribution in [2.24, 2.45) is 0 Å². The van der Waals surface area contributed by atoms with Crippen LogP contribution in [0.5, 0.6) is 0 Å². The predicted octanol–water partition coefficient (Wildman–Crippen LogP) is 4.68. The SMILES string of the molecule is CN(CCN1CCCC1)c1nc2ccc(-n3cnc4cc(-c5ccc(Cl)cc5)sc4c3=O)cc2[nH]1.CS(=O)(=O)O. The van der Waals surface area contributed by atoms with E-state index >= 15 is 0 Å². The monoisotopic (exact) mass is 600 g/mol. The third kappa shape index (κ3) is 6.70. The number of hydrogen-bond acceptors (Lipinski definition) is 8. The van der Waals surface area contributed by atoms with Gasteiger partial charge in [-0.1, -0.05) is 23.7 Å². The number of halogens is 1. The first kappa shape index (κ1) is 28.2. The summed E-state index contributed by atoms with van der Waals surface area (Å²) in [6.07, 6.45) is 4.91. The molecule has 0 saturated carbocycles. The third-order valence-corrected chi connectivity index (χ3v) is 8.02. The summed E-state index contributed by atoms with van der Waals surface area (Å²) in [5, 5.41) is 0.686. The molecule has 4 heterocycles. The number of nitrogens with one attached hydrogen (secondary N) is 1. The lowest BCUT2D eigenvalue weighted by atomic mass is 10.2. The molecule has 13 heteroatoms. The number of likely N-dealkylation sites (tertiary alicyclic amines) is 1. The van der Waals surface area contributed by atoms with E-state index in [1.54, 1.807) is 10.9 Å². The van der Waals surface area contributed by atoms with E-state index in [9.17, 15) is 13.2 Å². The highest BCUT2D eigenvalue weighted by molar-refractivity contribution is 7.85. The quantitative estimate of drug-likeness (QED) is 0.269. The zero-order valence-electron chi connectivity index (χ0n) is 22.0. The number of rotatable bonds is 6. The fraction of sp³-hybridized carbons (Fsp3) is 0.296. The standard InChI is InChI=1S/C26H25ClN6OS.CH4O3S/c1-31(12-13-32-10-2-3-11-32)26-29-20-9-8-19(14-21(20)30-26)33-16-28-22-15-23(35-24(22)25(33)34)17-4-6-18(27)7-5-17;1-5(2,3)4/h4-9,14-16H,2-3,10-13H2,1H3,(H,29,30);1H3,(H,2,3,4). The lowest BCUT2D eigenvalue weighted by Crippen LogP contribution is -2.31. The predicted molar refractivity (Wildman–Crippen MR) is 162 cm³/mol. The fourth-order valence-electron chi connectivity index (χ4n) is 4.57. The Bertz CT molecular complexity index is 1800. The molecule has 40 heavy (non-hydrogen) atoms. The van der Waals surface area contributed by atoms with E-state index in [2.05, 4.69) is 26.8 Å². The molecule has 1 fully saturated rings. The van der Waals surface area contributed by atoms with Gasteiger partial charge in [0.05, 0.1) is 28.5 Å². The molecule has 5 aromatic rings. The van der Waals surface area contributed by atoms with Gasteiger partial charge < -0.3 is 14.8 Å². The summed E-state index contributed by atoms with van der Waals surface area (Å²) in [5.41, 5.74) is 4.16. The second kappa shape index (κ2) is 11.7. The number of anilines is 1. The number of imidazole rings is 1. The van der Waals surface area contributed by atoms with Gasteiger partial charge in [-0.05, 0) is 67.9 Å². The van der Waals surface area contributed by atoms with E-state index in [4.69, 9.17) is 21.1 Å². The summed E-state index contributed by atoms with van der Waals surface area (Å²) < 4.78 is 28.1. The van der Waals surface area contributed by atoms with Crippen LogP contribution in [-0.2, 0) is 10.1 Å². The van der Waals surface area contributed by atoms with Crippen LogP contribution >= 0.6 is 22.9 Å². The number of hydrogen-bond donors (Lipinski definition) is 2. The van der Waals surface area contributed by atoms with Gasteiger partial charge in [0.2, 0.25) is 5.95 Å². The minimum absolute atomic E-state index is 0.0815. The highest BCUT2D eigenvalue weighted by atomic mass is 35.5. The molecule has 0 amide bonds. The Morgan fingerprint density at radius 3 is 2.50 bits per heavy atom. The van der Waals surface area contributed by atoms with Crippen LogP contribution in [-0.4, -0.2) is 76.9 Å². The van der Waals surface area contributed by atoms with Gasteiger partial charge in [-0.3, -0.25) is 13.9 Å². The summed E-state index contributed by atoms with van der Waals surface area (Å²) in [6, 6.07) is 15.4. The molecular weight excluding hydrogens is 572 g/mol. The molecule has 0 bridgehead atoms. The largest absolute Gasteiger partial charge is 0.344 e. The Labute approximate surface area is 240 Å². The second-order valence-corrected chi connectivity index (χ2v) is 12.7. The maximum Gasteiger partial charge on any atom is 0.275 e. The number of benzene rings is 2. The average molecular weight is 601 g/mol. The molecule has 3 aromatic heterocycles. The molecule has 10 nitrogen and oxygen atoms in total. The van der Waals surface area contributed by atoms with Crippen LogP contribution < -0.4 is 10.5 Å². The van der Waals surface area contributed by atoms with Crippen molar-refractivity contribution < 1.29 is 13.0 Å². The van der Waals surface area contributed by atoms with Gasteiger partial charge in [0, 0.05) is 30.0 Å². The summed E-state index contributed by atoms with van der Waals surface area (Å²) in [7, 11) is -1.61. The maximum absolute atomic E-state index is 13.4. The van der Waals surface area contributed by atoms with Gasteiger partial charge in [-0.2, -0.15) is 8.42 Å². The van der Waals surface area contributed by atoms with Crippen LogP contribution in [0.4, 0.5) is 5.95 Å². The zero-order chi connectivity index (χ0) is 28.4. The van der Waals surface area contributed by atoms with E-state index in [0.717, 1.165) is 46.2 Å². The van der Waals surface area contributed by atoms with Gasteiger partial charge in [-0.15, -0.1) is 11.3 Å². The molecule has 0 unspecified atom stereocenters. The van der Waals surface area contributed by atoms with Crippen molar-refractivity contribution in [3.8, 4) is 16.1 Å². The molecule has 2 N–H and O–H groups in total. The topological polar surface area (TPSA) is 124 Å². The van der Waals surface area contributed by atoms with E-state index < -0.39 is 10.1 Å². The number of aromatic nitrogens is 4. The first-order chi connectivity index (χ1) is 19.0. The summed E-state index contributed by atoms with van der Waals surface area (Å²) in [4.78, 5) is 31.7. The van der Waals surface area contributed by atoms with Gasteiger partial charge >= 0.3 is 0 Å². The third-order valence-electron chi connectivity index (χ3n) is 6.61. The summed E-state index contributed by atoms with van der Waals surface area (Å²) in [6.45, 7) is 4.34. The Morgan fingerprint density at radius 2 is 1.80 bits per heavy atom. The van der Waals surface area contributed by atoms with E-state index in [-0.39, 0.29) is 5.56 Å². The molecule has 210 valence electrons. The number of fused-ring (bicyclic) bond motifs is 2. The molecule has 0 atom stereocenters. The fourth-order valence-corrected chi connectivity index (χ4v) is 5.74. The lowest BCUT2D eigenvalue weighted by Gasteiger charge is -2.20. The number of aromatic amines is 1. The van der Waals surface area contributed by atoms with Gasteiger partial charge in [0.15, 0.2) is 0 Å². The van der Waals surface area contributed by atoms with E-state index in [0.29, 0.717) is 21.5 Å². The molecule has 2 aromatic carbocycles. The smallest absolute Gasteiger partial charge is 0.275 e. The van der Waals surface area contributed by atoms with Crippen molar-refractivity contribution in [2.45, 2.75) is 12.8 Å². The molecule has 6 rings (SSSR count). The number of thiophene rings is 1. The number of H-pyrrole nitrogens is 1. The van der Waals surface area contributed by atoms with Crippen LogP contribution in [0.25, 0.3) is 37.4 Å². The normalized spacial score (nSPS) is 14.0. The minimum Gasteiger partial charge on any atom is -0.344 e. The van der Waals surface area contributed by atoms with E-state index in [1.165, 1.54) is 37.3 Å². The minimum atomic E-state index is -3.67. The van der Waals surface area contributed by atoms with Crippen molar-refractivity contribution in [3.63, 3.8) is 0 Å². The Morgan fingerprint density at radius 1 is 1.10 bits per heavy atom. The lowest BCUT2D eigenvalue weighted by molar-refractivity contribution is 0.346. The molecule has 1 aliphatic rings. The van der Waals surface area contributed by atoms with Gasteiger partial charge in [-0.25, -0.2) is 9.97 Å². The second-order valence-electron chi connectivity index (χ2n) is 9.72. The molecule has 0 spiro atoms. The summed E-state index contributed by atoms with van der Waals surface area (Å²) >= 11 is 7.47. The van der Waals surface area contributed by atoms with Crippen molar-refractivity contribution in [3.05, 3.63) is 70.2 Å². The molecular formula is C27H29ClN6O4S2. The number of nitrogens with zero attached hydrogens (tertiary/aromatic N) is 5. The van der Waals surface area contributed by atoms with Crippen LogP contribution in [0.1, 0.15) is 12.8 Å². The van der Waals surface area contributed by atoms with Crippen molar-refractivity contribution in [2.75, 3.05) is 44.4 Å². The van der Waals surface area contributed by atoms with Crippen LogP contribution in [0.2, 0.25) is 5.02 Å². The van der Waals surface area contributed by atoms with Gasteiger partial charge in [0.25, 0.3) is 15.7 Å². The van der Waals surface area contributed by atoms with Crippen LogP contribution in [0.3, 0.4) is 0 Å². The van der Waals surface area contributed by atoms with Crippen molar-refractivity contribution in [1.29, 1.82) is 0 Å². The highest BCUT2D eigenvalue weighted by Gasteiger charge is 2.15. The summed E-state index contributed by atoms with van der Waals surface area (Å²) in [5.74, 6) is 0.836. The zero-order valence-corrected chi connectivity index (χ0v) is 24.4. The van der Waals surface area contributed by atoms with Crippen LogP contribution in [0.15, 0.2) is 59.7 Å². The van der Waals surface area contributed by atoms with Crippen LogP contribution in [0, 0.1) is 0 Å². The first-order valence-electron chi connectivity index (χ1n) is 12.7. The van der Waals surface area contributed by atoms with Crippen molar-refractivity contribution >= 4 is 60.3 Å². The van der Waals surface area contributed by atoms with E-state index in [1.807, 2.05) is 48.5 Å². The Balaban J connectivity index is 0.000000595. The average Bonchev–Trinajstić information content (AvgIpc) is 3.66. The Kier molecular flexibility index (Phi) is 8.24. The first-order valence-corrected chi connectivity index (χ1v) is 15.7. The van der Waals surface area contributed by atoms with Crippen molar-refractivity contribution in [1.82, 2.24) is 24.4 Å². The van der Waals surface area contributed by atoms with Gasteiger partial charge in [0.1, 0.15) is 11.0 Å². The Hall–Kier alpha value is -3.29. The molecule has 1 saturated heterocycles. The highest BCUT2D eigenvalue weighted by Crippen LogP contribution is 2.31. The maximum atomic E-state index is 13.4. The molecule has 0 radical (unpaired) electrons. The number of likely N-dealkylation sites (N-methyl/N-ethyl adjacent to an activating group) is 1. The molecule has 0 aliphatic carbocycles. The molecule has 1 aliphatic heterocycles.